The molecular formula is C12H12ClNO5. The van der Waals surface area contributed by atoms with Crippen molar-refractivity contribution in [2.75, 3.05) is 7.11 Å². The van der Waals surface area contributed by atoms with Crippen molar-refractivity contribution in [2.24, 2.45) is 5.92 Å². The van der Waals surface area contributed by atoms with Gasteiger partial charge in [-0.25, -0.2) is 4.79 Å². The van der Waals surface area contributed by atoms with Crippen molar-refractivity contribution in [3.05, 3.63) is 33.3 Å². The Labute approximate surface area is 114 Å². The van der Waals surface area contributed by atoms with Gasteiger partial charge < -0.3 is 9.47 Å². The van der Waals surface area contributed by atoms with E-state index in [0.29, 0.717) is 0 Å². The number of non-ortho nitro benzene ring substituents is 1. The number of hydrogen-bond donors (Lipinski definition) is 0. The minimum absolute atomic E-state index is 0.101. The fraction of sp³-hybridized carbons (Fsp3) is 0.417. The highest BCUT2D eigenvalue weighted by molar-refractivity contribution is 6.32. The molecule has 1 saturated carbocycles. The molecule has 0 bridgehead atoms. The molecule has 0 spiro atoms. The van der Waals surface area contributed by atoms with Crippen LogP contribution in [0.15, 0.2) is 18.2 Å². The van der Waals surface area contributed by atoms with Gasteiger partial charge in [0.15, 0.2) is 6.10 Å². The van der Waals surface area contributed by atoms with Crippen LogP contribution in [0.1, 0.15) is 12.8 Å². The Morgan fingerprint density at radius 3 is 2.68 bits per heavy atom. The second-order valence-corrected chi connectivity index (χ2v) is 4.68. The van der Waals surface area contributed by atoms with E-state index in [2.05, 4.69) is 4.74 Å². The molecule has 0 aromatic heterocycles. The van der Waals surface area contributed by atoms with E-state index in [-0.39, 0.29) is 22.4 Å². The van der Waals surface area contributed by atoms with Crippen molar-refractivity contribution in [2.45, 2.75) is 18.9 Å². The van der Waals surface area contributed by atoms with Crippen LogP contribution >= 0.6 is 11.6 Å². The molecule has 0 radical (unpaired) electrons. The van der Waals surface area contributed by atoms with Gasteiger partial charge in [-0.1, -0.05) is 11.6 Å². The predicted octanol–water partition coefficient (Wildman–Crippen LogP) is 2.58. The zero-order chi connectivity index (χ0) is 14.0. The second kappa shape index (κ2) is 5.44. The Balaban J connectivity index is 2.17. The first-order valence-corrected chi connectivity index (χ1v) is 6.09. The van der Waals surface area contributed by atoms with Crippen LogP contribution in [0.2, 0.25) is 5.02 Å². The number of nitrogens with zero attached hydrogens (tertiary/aromatic N) is 1. The third kappa shape index (κ3) is 3.14. The van der Waals surface area contributed by atoms with Gasteiger partial charge in [-0.05, 0) is 18.9 Å². The number of nitro groups is 1. The highest BCUT2D eigenvalue weighted by atomic mass is 35.5. The largest absolute Gasteiger partial charge is 0.477 e. The van der Waals surface area contributed by atoms with E-state index in [0.717, 1.165) is 12.8 Å². The molecule has 0 N–H and O–H groups in total. The molecule has 1 aliphatic rings. The van der Waals surface area contributed by atoms with Crippen LogP contribution in [0.4, 0.5) is 5.69 Å². The summed E-state index contributed by atoms with van der Waals surface area (Å²) in [4.78, 5) is 21.6. The van der Waals surface area contributed by atoms with Crippen LogP contribution in [0, 0.1) is 16.0 Å². The first-order valence-electron chi connectivity index (χ1n) is 5.71. The van der Waals surface area contributed by atoms with Gasteiger partial charge >= 0.3 is 5.97 Å². The fourth-order valence-electron chi connectivity index (χ4n) is 1.69. The summed E-state index contributed by atoms with van der Waals surface area (Å²) in [5, 5.41) is 10.7. The number of methoxy groups -OCH3 is 1. The Morgan fingerprint density at radius 1 is 1.53 bits per heavy atom. The number of rotatable bonds is 5. The number of nitro benzene ring substituents is 1. The quantitative estimate of drug-likeness (QED) is 0.472. The van der Waals surface area contributed by atoms with Crippen molar-refractivity contribution < 1.29 is 19.2 Å². The lowest BCUT2D eigenvalue weighted by atomic mass is 10.2. The Hall–Kier alpha value is -1.82. The summed E-state index contributed by atoms with van der Waals surface area (Å²) < 4.78 is 10.2. The lowest BCUT2D eigenvalue weighted by Crippen LogP contribution is -2.30. The minimum atomic E-state index is -0.705. The Kier molecular flexibility index (Phi) is 3.90. The van der Waals surface area contributed by atoms with E-state index in [1.54, 1.807) is 0 Å². The smallest absolute Gasteiger partial charge is 0.347 e. The number of esters is 1. The summed E-state index contributed by atoms with van der Waals surface area (Å²) in [6, 6.07) is 3.86. The molecule has 0 heterocycles. The molecule has 0 aliphatic heterocycles. The van der Waals surface area contributed by atoms with Gasteiger partial charge in [0.2, 0.25) is 0 Å². The molecule has 1 aromatic carbocycles. The maximum atomic E-state index is 11.6. The van der Waals surface area contributed by atoms with Crippen molar-refractivity contribution >= 4 is 23.3 Å². The third-order valence-corrected chi connectivity index (χ3v) is 3.16. The van der Waals surface area contributed by atoms with Gasteiger partial charge in [-0.2, -0.15) is 0 Å². The summed E-state index contributed by atoms with van der Waals surface area (Å²) in [6.07, 6.45) is 1.08. The van der Waals surface area contributed by atoms with Gasteiger partial charge in [-0.3, -0.25) is 10.1 Å². The molecule has 1 atom stereocenters. The molecule has 6 nitrogen and oxygen atoms in total. The predicted molar refractivity (Wildman–Crippen MR) is 67.3 cm³/mol. The highest BCUT2D eigenvalue weighted by Gasteiger charge is 2.39. The zero-order valence-electron chi connectivity index (χ0n) is 10.2. The van der Waals surface area contributed by atoms with Crippen molar-refractivity contribution in [1.29, 1.82) is 0 Å². The van der Waals surface area contributed by atoms with Gasteiger partial charge in [0.1, 0.15) is 5.75 Å². The summed E-state index contributed by atoms with van der Waals surface area (Å²) in [5.74, 6) is -0.0924. The molecule has 7 heteroatoms. The van der Waals surface area contributed by atoms with Crippen LogP contribution in [0.25, 0.3) is 0 Å². The maximum Gasteiger partial charge on any atom is 0.347 e. The van der Waals surface area contributed by atoms with E-state index in [4.69, 9.17) is 16.3 Å². The summed E-state index contributed by atoms with van der Waals surface area (Å²) >= 11 is 5.91. The minimum Gasteiger partial charge on any atom is -0.477 e. The second-order valence-electron chi connectivity index (χ2n) is 4.27. The number of benzene rings is 1. The molecule has 1 fully saturated rings. The molecule has 19 heavy (non-hydrogen) atoms. The molecule has 102 valence electrons. The van der Waals surface area contributed by atoms with E-state index >= 15 is 0 Å². The molecule has 1 aliphatic carbocycles. The van der Waals surface area contributed by atoms with Crippen LogP contribution in [-0.4, -0.2) is 24.1 Å². The number of carbonyl (C=O) groups excluding carboxylic acids is 1. The lowest BCUT2D eigenvalue weighted by Gasteiger charge is -2.16. The monoisotopic (exact) mass is 285 g/mol. The summed E-state index contributed by atoms with van der Waals surface area (Å²) in [6.45, 7) is 0. The third-order valence-electron chi connectivity index (χ3n) is 2.86. The summed E-state index contributed by atoms with van der Waals surface area (Å²) in [5.41, 5.74) is -0.126. The van der Waals surface area contributed by atoms with Crippen LogP contribution in [0.5, 0.6) is 5.75 Å². The molecule has 1 unspecified atom stereocenters. The average molecular weight is 286 g/mol. The van der Waals surface area contributed by atoms with Crippen LogP contribution < -0.4 is 4.74 Å². The van der Waals surface area contributed by atoms with Gasteiger partial charge in [-0.15, -0.1) is 0 Å². The molecule has 2 rings (SSSR count). The standard InChI is InChI=1S/C12H12ClNO5/c1-18-12(15)11(7-2-3-7)19-10-5-4-8(14(16)17)6-9(10)13/h4-7,11H,2-3H2,1H3. The number of halogens is 1. The van der Waals surface area contributed by atoms with Crippen molar-refractivity contribution in [1.82, 2.24) is 0 Å². The van der Waals surface area contributed by atoms with Crippen LogP contribution in [0.3, 0.4) is 0 Å². The molecule has 0 amide bonds. The van der Waals surface area contributed by atoms with Gasteiger partial charge in [0.25, 0.3) is 5.69 Å². The molecular weight excluding hydrogens is 274 g/mol. The van der Waals surface area contributed by atoms with E-state index in [9.17, 15) is 14.9 Å². The zero-order valence-corrected chi connectivity index (χ0v) is 10.9. The van der Waals surface area contributed by atoms with Crippen molar-refractivity contribution in [3.8, 4) is 5.75 Å². The average Bonchev–Trinajstić information content (AvgIpc) is 3.20. The molecule has 1 aromatic rings. The Bertz CT molecular complexity index is 515. The highest BCUT2D eigenvalue weighted by Crippen LogP contribution is 2.37. The fourth-order valence-corrected chi connectivity index (χ4v) is 1.91. The molecule has 0 saturated heterocycles. The number of hydrogen-bond acceptors (Lipinski definition) is 5. The van der Waals surface area contributed by atoms with E-state index in [1.807, 2.05) is 0 Å². The van der Waals surface area contributed by atoms with E-state index in [1.165, 1.54) is 25.3 Å². The first kappa shape index (κ1) is 13.6. The van der Waals surface area contributed by atoms with Gasteiger partial charge in [0, 0.05) is 18.1 Å². The van der Waals surface area contributed by atoms with E-state index < -0.39 is 17.0 Å². The summed E-state index contributed by atoms with van der Waals surface area (Å²) in [7, 11) is 1.29. The SMILES string of the molecule is COC(=O)C(Oc1ccc([N+](=O)[O-])cc1Cl)C1CC1. The number of carbonyl (C=O) groups is 1. The lowest BCUT2D eigenvalue weighted by molar-refractivity contribution is -0.384. The first-order chi connectivity index (χ1) is 9.02. The van der Waals surface area contributed by atoms with Gasteiger partial charge in [0.05, 0.1) is 17.1 Å². The normalized spacial score (nSPS) is 15.7. The van der Waals surface area contributed by atoms with Crippen LogP contribution in [-0.2, 0) is 9.53 Å². The topological polar surface area (TPSA) is 78.7 Å². The maximum absolute atomic E-state index is 11.6. The van der Waals surface area contributed by atoms with Crippen molar-refractivity contribution in [3.63, 3.8) is 0 Å². The number of ether oxygens (including phenoxy) is 2. The Morgan fingerprint density at radius 2 is 2.21 bits per heavy atom.